The summed E-state index contributed by atoms with van der Waals surface area (Å²) in [6.45, 7) is 19.4. The number of unbranched alkanes of at least 4 members (excludes halogenated alkanes) is 1. The predicted molar refractivity (Wildman–Crippen MR) is 175 cm³/mol. The molecular formula is C37H48ClN3O4. The van der Waals surface area contributed by atoms with Crippen molar-refractivity contribution in [3.8, 4) is 0 Å². The van der Waals surface area contributed by atoms with E-state index in [1.54, 1.807) is 0 Å². The molecule has 0 unspecified atom stereocenters. The number of anilines is 2. The summed E-state index contributed by atoms with van der Waals surface area (Å²) in [4.78, 5) is 2.55. The molecule has 0 bridgehead atoms. The van der Waals surface area contributed by atoms with Crippen LogP contribution in [0.5, 0.6) is 0 Å². The lowest BCUT2D eigenvalue weighted by molar-refractivity contribution is -2.00. The van der Waals surface area contributed by atoms with E-state index in [1.807, 2.05) is 0 Å². The number of hydrogen-bond acceptors (Lipinski definition) is 6. The van der Waals surface area contributed by atoms with Gasteiger partial charge < -0.3 is 10.2 Å². The van der Waals surface area contributed by atoms with Crippen molar-refractivity contribution in [2.75, 3.05) is 29.9 Å². The molecule has 1 N–H and O–H groups in total. The molecular weight excluding hydrogens is 586 g/mol. The van der Waals surface area contributed by atoms with Gasteiger partial charge in [0.15, 0.2) is 5.71 Å². The number of nitrogens with zero attached hydrogens (tertiary/aromatic N) is 2. The van der Waals surface area contributed by atoms with Crippen molar-refractivity contribution >= 4 is 33.5 Å². The van der Waals surface area contributed by atoms with Gasteiger partial charge in [0.25, 0.3) is 0 Å². The third kappa shape index (κ3) is 7.45. The first-order valence-corrected chi connectivity index (χ1v) is 17.3. The predicted octanol–water partition coefficient (Wildman–Crippen LogP) is 4.73. The van der Waals surface area contributed by atoms with Crippen LogP contribution in [-0.2, 0) is 10.8 Å². The fourth-order valence-corrected chi connectivity index (χ4v) is 6.84. The molecule has 0 atom stereocenters. The number of hydrogen-bond donors (Lipinski definition) is 1. The summed E-state index contributed by atoms with van der Waals surface area (Å²) in [5, 5.41) is 6.30. The Hall–Kier alpha value is -3.20. The maximum absolute atomic E-state index is 8.49. The average molecular weight is 634 g/mol. The Bertz CT molecular complexity index is 1590. The van der Waals surface area contributed by atoms with Gasteiger partial charge in [0.05, 0.1) is 5.41 Å². The van der Waals surface area contributed by atoms with Crippen LogP contribution in [0.3, 0.4) is 0 Å². The Balaban J connectivity index is 0.000000854. The molecule has 2 aliphatic heterocycles. The first-order valence-electron chi connectivity index (χ1n) is 16.1. The molecule has 0 radical (unpaired) electrons. The number of benzene rings is 3. The van der Waals surface area contributed by atoms with Crippen LogP contribution < -0.4 is 28.9 Å². The van der Waals surface area contributed by atoms with Crippen LogP contribution in [0, 0.1) is 10.2 Å². The number of rotatable bonds is 10. The van der Waals surface area contributed by atoms with Crippen molar-refractivity contribution in [2.45, 2.75) is 85.0 Å². The summed E-state index contributed by atoms with van der Waals surface area (Å²) >= 11 is 0. The monoisotopic (exact) mass is 633 g/mol. The molecule has 0 spiro atoms. The minimum Gasteiger partial charge on any atom is -0.385 e. The van der Waals surface area contributed by atoms with Crippen molar-refractivity contribution in [2.24, 2.45) is 0 Å². The van der Waals surface area contributed by atoms with Gasteiger partial charge in [0.1, 0.15) is 6.54 Å². The van der Waals surface area contributed by atoms with Crippen molar-refractivity contribution in [1.82, 2.24) is 0 Å². The second-order valence-corrected chi connectivity index (χ2v) is 13.7. The standard InChI is InChI=1S/C37H48N3.ClHO4/c1-8-11-25-40-32-21-19-27-15-12-13-16-29(27)35(32)37(6,7)34(40)18-14-17-33-36(4,5)30-26-28(38-23-9-2)20-22-31(30)39(33)24-10-3;2-1(3,4)5/h12-22,26,38H,8-11,23-25H2,1-7H3;(H,2,3,4,5)/q+1;/p-1. The minimum absolute atomic E-state index is 0.0598. The Kier molecular flexibility index (Phi) is 10.8. The highest BCUT2D eigenvalue weighted by atomic mass is 35.7. The second kappa shape index (κ2) is 14.1. The molecule has 0 fully saturated rings. The zero-order chi connectivity index (χ0) is 33.0. The van der Waals surface area contributed by atoms with Crippen LogP contribution in [-0.4, -0.2) is 29.9 Å². The molecule has 45 heavy (non-hydrogen) atoms. The highest BCUT2D eigenvalue weighted by molar-refractivity contribution is 6.07. The summed E-state index contributed by atoms with van der Waals surface area (Å²) in [5.41, 5.74) is 9.47. The van der Waals surface area contributed by atoms with E-state index in [4.69, 9.17) is 18.6 Å². The molecule has 8 heteroatoms. The van der Waals surface area contributed by atoms with E-state index in [-0.39, 0.29) is 10.8 Å². The van der Waals surface area contributed by atoms with Crippen molar-refractivity contribution in [3.05, 3.63) is 89.6 Å². The molecule has 5 rings (SSSR count). The fourth-order valence-electron chi connectivity index (χ4n) is 6.84. The first-order chi connectivity index (χ1) is 21.2. The summed E-state index contributed by atoms with van der Waals surface area (Å²) in [6, 6.07) is 20.4. The van der Waals surface area contributed by atoms with E-state index in [1.165, 1.54) is 63.2 Å². The normalized spacial score (nSPS) is 17.6. The largest absolute Gasteiger partial charge is 0.385 e. The van der Waals surface area contributed by atoms with Gasteiger partial charge in [-0.1, -0.05) is 71.4 Å². The van der Waals surface area contributed by atoms with Gasteiger partial charge in [0.2, 0.25) is 5.69 Å². The minimum atomic E-state index is -4.94. The zero-order valence-corrected chi connectivity index (χ0v) is 28.5. The lowest BCUT2D eigenvalue weighted by Crippen LogP contribution is -2.68. The molecule has 242 valence electrons. The molecule has 2 aliphatic rings. The van der Waals surface area contributed by atoms with Gasteiger partial charge >= 0.3 is 0 Å². The summed E-state index contributed by atoms with van der Waals surface area (Å²) in [7, 11) is -4.94. The maximum Gasteiger partial charge on any atom is 0.210 e. The molecule has 2 heterocycles. The Morgan fingerprint density at radius 3 is 2.24 bits per heavy atom. The van der Waals surface area contributed by atoms with E-state index < -0.39 is 10.2 Å². The van der Waals surface area contributed by atoms with E-state index >= 15 is 0 Å². The molecule has 3 aromatic carbocycles. The third-order valence-corrected chi connectivity index (χ3v) is 8.92. The number of fused-ring (bicyclic) bond motifs is 4. The Labute approximate surface area is 271 Å². The molecule has 7 nitrogen and oxygen atoms in total. The highest BCUT2D eigenvalue weighted by Crippen LogP contribution is 2.49. The third-order valence-electron chi connectivity index (χ3n) is 8.92. The molecule has 3 aromatic rings. The number of halogens is 1. The van der Waals surface area contributed by atoms with Crippen LogP contribution in [0.15, 0.2) is 78.5 Å². The molecule has 0 aromatic heterocycles. The van der Waals surface area contributed by atoms with Crippen molar-refractivity contribution in [1.29, 1.82) is 0 Å². The number of nitrogens with one attached hydrogen (secondary N) is 1. The quantitative estimate of drug-likeness (QED) is 0.323. The lowest BCUT2D eigenvalue weighted by atomic mass is 9.79. The molecule has 0 saturated heterocycles. The van der Waals surface area contributed by atoms with Crippen molar-refractivity contribution < 1.29 is 33.5 Å². The van der Waals surface area contributed by atoms with Crippen LogP contribution in [0.25, 0.3) is 10.8 Å². The van der Waals surface area contributed by atoms with Crippen molar-refractivity contribution in [3.63, 3.8) is 0 Å². The molecule has 0 aliphatic carbocycles. The van der Waals surface area contributed by atoms with Gasteiger partial charge in [-0.15, -0.1) is 10.2 Å². The maximum atomic E-state index is 8.49. The molecule has 0 saturated carbocycles. The van der Waals surface area contributed by atoms with E-state index in [9.17, 15) is 0 Å². The van der Waals surface area contributed by atoms with Crippen LogP contribution >= 0.6 is 0 Å². The lowest BCUT2D eigenvalue weighted by Gasteiger charge is -2.26. The zero-order valence-electron chi connectivity index (χ0n) is 27.8. The SMILES string of the molecule is CCCC[N+]1=C(C=CC=C2N(CCC)c3ccc(NCCC)cc3C2(C)C)C(C)(C)c2c1ccc1ccccc21.[O-][Cl+3]([O-])([O-])[O-]. The van der Waals surface area contributed by atoms with Gasteiger partial charge in [-0.05, 0) is 73.4 Å². The summed E-state index contributed by atoms with van der Waals surface area (Å²) in [6.07, 6.45) is 11.7. The summed E-state index contributed by atoms with van der Waals surface area (Å²) < 4.78 is 36.6. The first kappa shape index (κ1) is 34.7. The van der Waals surface area contributed by atoms with Crippen LogP contribution in [0.4, 0.5) is 17.1 Å². The Morgan fingerprint density at radius 1 is 0.867 bits per heavy atom. The smallest absolute Gasteiger partial charge is 0.210 e. The van der Waals surface area contributed by atoms with E-state index in [0.29, 0.717) is 0 Å². The van der Waals surface area contributed by atoms with Gasteiger partial charge in [-0.3, -0.25) is 0 Å². The Morgan fingerprint density at radius 2 is 1.58 bits per heavy atom. The van der Waals surface area contributed by atoms with Gasteiger partial charge in [-0.2, -0.15) is 4.58 Å². The topological polar surface area (TPSA) is 111 Å². The van der Waals surface area contributed by atoms with E-state index in [2.05, 4.69) is 136 Å². The number of allylic oxidation sites excluding steroid dienone is 4. The van der Waals surface area contributed by atoms with Gasteiger partial charge in [-0.25, -0.2) is 18.6 Å². The molecule has 0 amide bonds. The average Bonchev–Trinajstić information content (AvgIpc) is 3.32. The summed E-state index contributed by atoms with van der Waals surface area (Å²) in [5.74, 6) is 0. The van der Waals surface area contributed by atoms with Gasteiger partial charge in [0, 0.05) is 59.7 Å². The fraction of sp³-hybridized carbons (Fsp3) is 0.432. The van der Waals surface area contributed by atoms with E-state index in [0.717, 1.165) is 32.5 Å². The second-order valence-electron chi connectivity index (χ2n) is 12.9. The van der Waals surface area contributed by atoms with Crippen LogP contribution in [0.2, 0.25) is 0 Å². The van der Waals surface area contributed by atoms with Crippen LogP contribution in [0.1, 0.15) is 85.3 Å². The highest BCUT2D eigenvalue weighted by Gasteiger charge is 2.45.